The molecule has 1 N–H and O–H groups in total. The van der Waals surface area contributed by atoms with Gasteiger partial charge in [0.05, 0.1) is 0 Å². The Labute approximate surface area is 99.6 Å². The number of carbonyl (C=O) groups is 1. The maximum atomic E-state index is 11.7. The number of carbonyl (C=O) groups excluding carboxylic acids is 1. The molecule has 0 amide bonds. The van der Waals surface area contributed by atoms with Crippen LogP contribution in [0.4, 0.5) is 0 Å². The third kappa shape index (κ3) is 2.77. The number of hydrogen-bond acceptors (Lipinski definition) is 4. The maximum absolute atomic E-state index is 11.7. The Kier molecular flexibility index (Phi) is 3.85. The van der Waals surface area contributed by atoms with Crippen molar-refractivity contribution in [3.05, 3.63) is 24.3 Å². The lowest BCUT2D eigenvalue weighted by atomic mass is 10.2. The van der Waals surface area contributed by atoms with E-state index in [9.17, 15) is 4.79 Å². The number of hydrogen-bond donors (Lipinski definition) is 1. The summed E-state index contributed by atoms with van der Waals surface area (Å²) in [7, 11) is 0. The molecule has 16 heavy (non-hydrogen) atoms. The van der Waals surface area contributed by atoms with Gasteiger partial charge < -0.3 is 10.1 Å². The molecule has 3 nitrogen and oxygen atoms in total. The number of ether oxygens (including phenoxy) is 1. The first-order valence-electron chi connectivity index (χ1n) is 5.39. The van der Waals surface area contributed by atoms with Crippen molar-refractivity contribution in [2.24, 2.45) is 0 Å². The monoisotopic (exact) mass is 237 g/mol. The smallest absolute Gasteiger partial charge is 0.328 e. The van der Waals surface area contributed by atoms with Gasteiger partial charge in [-0.05, 0) is 49.9 Å². The van der Waals surface area contributed by atoms with Crippen LogP contribution >= 0.6 is 11.8 Å². The molecule has 86 valence electrons. The van der Waals surface area contributed by atoms with Crippen molar-refractivity contribution in [3.8, 4) is 5.75 Å². The molecule has 1 aliphatic rings. The lowest BCUT2D eigenvalue weighted by Crippen LogP contribution is -2.34. The van der Waals surface area contributed by atoms with Gasteiger partial charge in [0, 0.05) is 4.90 Å². The van der Waals surface area contributed by atoms with Crippen molar-refractivity contribution in [1.29, 1.82) is 0 Å². The zero-order valence-corrected chi connectivity index (χ0v) is 10.0. The molecule has 0 unspecified atom stereocenters. The van der Waals surface area contributed by atoms with E-state index in [-0.39, 0.29) is 12.0 Å². The van der Waals surface area contributed by atoms with E-state index in [2.05, 4.69) is 5.32 Å². The zero-order valence-electron chi connectivity index (χ0n) is 9.23. The van der Waals surface area contributed by atoms with Crippen LogP contribution in [-0.4, -0.2) is 24.8 Å². The molecular weight excluding hydrogens is 222 g/mol. The van der Waals surface area contributed by atoms with Gasteiger partial charge in [-0.1, -0.05) is 0 Å². The van der Waals surface area contributed by atoms with E-state index < -0.39 is 0 Å². The zero-order chi connectivity index (χ0) is 11.4. The second-order valence-electron chi connectivity index (χ2n) is 3.75. The summed E-state index contributed by atoms with van der Waals surface area (Å²) in [5, 5.41) is 3.12. The summed E-state index contributed by atoms with van der Waals surface area (Å²) < 4.78 is 5.29. The molecule has 1 fully saturated rings. The van der Waals surface area contributed by atoms with Gasteiger partial charge >= 0.3 is 5.97 Å². The summed E-state index contributed by atoms with van der Waals surface area (Å²) in [5.41, 5.74) is 0. The van der Waals surface area contributed by atoms with Crippen molar-refractivity contribution >= 4 is 17.7 Å². The highest BCUT2D eigenvalue weighted by atomic mass is 32.2. The quantitative estimate of drug-likeness (QED) is 0.496. The summed E-state index contributed by atoms with van der Waals surface area (Å²) in [6, 6.07) is 7.45. The van der Waals surface area contributed by atoms with Gasteiger partial charge in [0.2, 0.25) is 0 Å². The van der Waals surface area contributed by atoms with Crippen LogP contribution in [0.15, 0.2) is 29.2 Å². The van der Waals surface area contributed by atoms with Gasteiger partial charge in [-0.2, -0.15) is 0 Å². The van der Waals surface area contributed by atoms with Crippen molar-refractivity contribution < 1.29 is 9.53 Å². The van der Waals surface area contributed by atoms with Gasteiger partial charge in [-0.15, -0.1) is 11.8 Å². The van der Waals surface area contributed by atoms with Crippen molar-refractivity contribution in [2.45, 2.75) is 23.8 Å². The summed E-state index contributed by atoms with van der Waals surface area (Å²) >= 11 is 1.67. The van der Waals surface area contributed by atoms with Crippen LogP contribution in [0, 0.1) is 0 Å². The number of esters is 1. The van der Waals surface area contributed by atoms with Crippen molar-refractivity contribution in [2.75, 3.05) is 12.8 Å². The molecule has 1 aromatic rings. The standard InChI is InChI=1S/C12H15NO2S/c1-16-10-6-4-9(5-7-10)15-12(14)11-3-2-8-13-11/h4-7,11,13H,2-3,8H2,1H3/t11-/m0/s1. The number of thioether (sulfide) groups is 1. The number of nitrogens with one attached hydrogen (secondary N) is 1. The molecule has 0 bridgehead atoms. The first-order chi connectivity index (χ1) is 7.79. The second kappa shape index (κ2) is 5.37. The minimum Gasteiger partial charge on any atom is -0.425 e. The predicted octanol–water partition coefficient (Wildman–Crippen LogP) is 2.07. The van der Waals surface area contributed by atoms with E-state index in [1.54, 1.807) is 11.8 Å². The van der Waals surface area contributed by atoms with Crippen LogP contribution in [0.3, 0.4) is 0 Å². The molecule has 1 saturated heterocycles. The van der Waals surface area contributed by atoms with Gasteiger partial charge in [-0.25, -0.2) is 4.79 Å². The molecule has 1 atom stereocenters. The van der Waals surface area contributed by atoms with E-state index >= 15 is 0 Å². The van der Waals surface area contributed by atoms with Gasteiger partial charge in [-0.3, -0.25) is 0 Å². The van der Waals surface area contributed by atoms with Crippen molar-refractivity contribution in [3.63, 3.8) is 0 Å². The predicted molar refractivity (Wildman–Crippen MR) is 64.9 cm³/mol. The second-order valence-corrected chi connectivity index (χ2v) is 4.63. The average Bonchev–Trinajstić information content (AvgIpc) is 2.83. The lowest BCUT2D eigenvalue weighted by molar-refractivity contribution is -0.136. The highest BCUT2D eigenvalue weighted by molar-refractivity contribution is 7.98. The molecule has 0 aliphatic carbocycles. The van der Waals surface area contributed by atoms with E-state index in [1.807, 2.05) is 30.5 Å². The first kappa shape index (κ1) is 11.5. The molecule has 0 spiro atoms. The van der Waals surface area contributed by atoms with E-state index in [1.165, 1.54) is 4.90 Å². The Hall–Kier alpha value is -1.00. The number of benzene rings is 1. The topological polar surface area (TPSA) is 38.3 Å². The molecule has 2 rings (SSSR count). The summed E-state index contributed by atoms with van der Waals surface area (Å²) in [6.07, 6.45) is 3.94. The molecule has 0 saturated carbocycles. The number of rotatable bonds is 3. The Bertz CT molecular complexity index is 358. The average molecular weight is 237 g/mol. The van der Waals surface area contributed by atoms with Gasteiger partial charge in [0.25, 0.3) is 0 Å². The fraction of sp³-hybridized carbons (Fsp3) is 0.417. The Morgan fingerprint density at radius 1 is 1.44 bits per heavy atom. The largest absolute Gasteiger partial charge is 0.425 e. The van der Waals surface area contributed by atoms with Crippen molar-refractivity contribution in [1.82, 2.24) is 5.32 Å². The van der Waals surface area contributed by atoms with E-state index in [4.69, 9.17) is 4.74 Å². The fourth-order valence-electron chi connectivity index (χ4n) is 1.72. The lowest BCUT2D eigenvalue weighted by Gasteiger charge is -2.09. The van der Waals surface area contributed by atoms with Gasteiger partial charge in [0.1, 0.15) is 11.8 Å². The molecular formula is C12H15NO2S. The molecule has 0 aromatic heterocycles. The van der Waals surface area contributed by atoms with Crippen LogP contribution < -0.4 is 10.1 Å². The highest BCUT2D eigenvalue weighted by Crippen LogP contribution is 2.19. The minimum atomic E-state index is -0.172. The summed E-state index contributed by atoms with van der Waals surface area (Å²) in [5.74, 6) is 0.450. The van der Waals surface area contributed by atoms with E-state index in [0.29, 0.717) is 5.75 Å². The first-order valence-corrected chi connectivity index (χ1v) is 6.61. The molecule has 4 heteroatoms. The minimum absolute atomic E-state index is 0.125. The SMILES string of the molecule is CSc1ccc(OC(=O)[C@@H]2CCCN2)cc1. The highest BCUT2D eigenvalue weighted by Gasteiger charge is 2.23. The Morgan fingerprint density at radius 2 is 2.19 bits per heavy atom. The van der Waals surface area contributed by atoms with Gasteiger partial charge in [0.15, 0.2) is 0 Å². The summed E-state index contributed by atoms with van der Waals surface area (Å²) in [6.45, 7) is 0.908. The molecule has 1 aromatic carbocycles. The molecule has 1 heterocycles. The fourth-order valence-corrected chi connectivity index (χ4v) is 2.13. The normalized spacial score (nSPS) is 19.7. The third-order valence-electron chi connectivity index (χ3n) is 2.62. The van der Waals surface area contributed by atoms with Crippen LogP contribution in [0.2, 0.25) is 0 Å². The molecule has 1 aliphatic heterocycles. The van der Waals surface area contributed by atoms with Crippen LogP contribution in [-0.2, 0) is 4.79 Å². The Balaban J connectivity index is 1.94. The van der Waals surface area contributed by atoms with Crippen LogP contribution in [0.25, 0.3) is 0 Å². The maximum Gasteiger partial charge on any atom is 0.328 e. The molecule has 0 radical (unpaired) electrons. The Morgan fingerprint density at radius 3 is 2.75 bits per heavy atom. The van der Waals surface area contributed by atoms with E-state index in [0.717, 1.165) is 19.4 Å². The third-order valence-corrected chi connectivity index (χ3v) is 3.37. The van der Waals surface area contributed by atoms with Crippen LogP contribution in [0.5, 0.6) is 5.75 Å². The summed E-state index contributed by atoms with van der Waals surface area (Å²) in [4.78, 5) is 12.8. The van der Waals surface area contributed by atoms with Crippen LogP contribution in [0.1, 0.15) is 12.8 Å².